The SMILES string of the molecule is O=CC1OC(c2ccccc2I)=Nc2ccccc21. The van der Waals surface area contributed by atoms with Gasteiger partial charge in [-0.1, -0.05) is 30.3 Å². The number of rotatable bonds is 2. The van der Waals surface area contributed by atoms with Gasteiger partial charge < -0.3 is 4.74 Å². The van der Waals surface area contributed by atoms with Crippen LogP contribution in [0.1, 0.15) is 17.2 Å². The van der Waals surface area contributed by atoms with Gasteiger partial charge in [-0.25, -0.2) is 4.99 Å². The number of carbonyl (C=O) groups excluding carboxylic acids is 1. The maximum Gasteiger partial charge on any atom is 0.223 e. The molecule has 2 aromatic carbocycles. The molecule has 2 aromatic rings. The summed E-state index contributed by atoms with van der Waals surface area (Å²) in [5, 5.41) is 0. The lowest BCUT2D eigenvalue weighted by molar-refractivity contribution is -0.114. The van der Waals surface area contributed by atoms with Crippen LogP contribution in [-0.2, 0) is 9.53 Å². The Balaban J connectivity index is 2.13. The Kier molecular flexibility index (Phi) is 3.33. The van der Waals surface area contributed by atoms with E-state index in [0.717, 1.165) is 26.7 Å². The van der Waals surface area contributed by atoms with Gasteiger partial charge in [-0.2, -0.15) is 0 Å². The molecule has 0 fully saturated rings. The molecule has 1 atom stereocenters. The molecule has 1 aliphatic rings. The van der Waals surface area contributed by atoms with Crippen LogP contribution in [0.25, 0.3) is 0 Å². The number of carbonyl (C=O) groups is 1. The Bertz CT molecular complexity index is 667. The lowest BCUT2D eigenvalue weighted by Gasteiger charge is -2.22. The molecule has 0 amide bonds. The largest absolute Gasteiger partial charge is 0.461 e. The quantitative estimate of drug-likeness (QED) is 0.604. The molecule has 0 saturated heterocycles. The van der Waals surface area contributed by atoms with Gasteiger partial charge in [-0.05, 0) is 40.8 Å². The number of ether oxygens (including phenoxy) is 1. The van der Waals surface area contributed by atoms with E-state index in [-0.39, 0.29) is 0 Å². The van der Waals surface area contributed by atoms with Crippen LogP contribution in [0.2, 0.25) is 0 Å². The standard InChI is InChI=1S/C15H10INO2/c16-12-7-3-1-5-10(12)15-17-13-8-4-2-6-11(13)14(9-18)19-15/h1-9,14H. The molecule has 0 saturated carbocycles. The van der Waals surface area contributed by atoms with E-state index in [1.54, 1.807) is 0 Å². The lowest BCUT2D eigenvalue weighted by atomic mass is 10.1. The van der Waals surface area contributed by atoms with E-state index in [0.29, 0.717) is 5.90 Å². The van der Waals surface area contributed by atoms with Gasteiger partial charge >= 0.3 is 0 Å². The summed E-state index contributed by atoms with van der Waals surface area (Å²) in [4.78, 5) is 15.7. The summed E-state index contributed by atoms with van der Waals surface area (Å²) in [6.07, 6.45) is 0.225. The molecule has 0 N–H and O–H groups in total. The van der Waals surface area contributed by atoms with Gasteiger partial charge in [0.1, 0.15) is 0 Å². The predicted molar refractivity (Wildman–Crippen MR) is 81.7 cm³/mol. The van der Waals surface area contributed by atoms with E-state index in [1.807, 2.05) is 48.5 Å². The molecule has 0 spiro atoms. The Hall–Kier alpha value is -1.69. The second kappa shape index (κ2) is 5.13. The summed E-state index contributed by atoms with van der Waals surface area (Å²) in [5.74, 6) is 0.501. The summed E-state index contributed by atoms with van der Waals surface area (Å²) in [6.45, 7) is 0. The third-order valence-corrected chi connectivity index (χ3v) is 3.87. The highest BCUT2D eigenvalue weighted by molar-refractivity contribution is 14.1. The number of nitrogens with zero attached hydrogens (tertiary/aromatic N) is 1. The summed E-state index contributed by atoms with van der Waals surface area (Å²) in [7, 11) is 0. The molecule has 0 aromatic heterocycles. The van der Waals surface area contributed by atoms with Gasteiger partial charge in [0.15, 0.2) is 12.4 Å². The van der Waals surface area contributed by atoms with Crippen LogP contribution in [0, 0.1) is 3.57 Å². The minimum atomic E-state index is -0.584. The molecule has 19 heavy (non-hydrogen) atoms. The average Bonchev–Trinajstić information content (AvgIpc) is 2.46. The summed E-state index contributed by atoms with van der Waals surface area (Å²) >= 11 is 2.23. The minimum absolute atomic E-state index is 0.501. The van der Waals surface area contributed by atoms with Crippen LogP contribution in [-0.4, -0.2) is 12.2 Å². The van der Waals surface area contributed by atoms with Crippen LogP contribution in [0.4, 0.5) is 5.69 Å². The average molecular weight is 363 g/mol. The van der Waals surface area contributed by atoms with Crippen LogP contribution in [0.15, 0.2) is 53.5 Å². The van der Waals surface area contributed by atoms with Gasteiger partial charge in [0.25, 0.3) is 0 Å². The Morgan fingerprint density at radius 2 is 1.84 bits per heavy atom. The van der Waals surface area contributed by atoms with E-state index in [2.05, 4.69) is 27.6 Å². The van der Waals surface area contributed by atoms with Crippen molar-refractivity contribution < 1.29 is 9.53 Å². The third kappa shape index (κ3) is 2.28. The molecule has 4 heteroatoms. The fourth-order valence-corrected chi connectivity index (χ4v) is 2.63. The first kappa shape index (κ1) is 12.3. The van der Waals surface area contributed by atoms with Crippen molar-refractivity contribution >= 4 is 40.5 Å². The van der Waals surface area contributed by atoms with Crippen LogP contribution in [0.3, 0.4) is 0 Å². The van der Waals surface area contributed by atoms with Gasteiger partial charge in [0.05, 0.1) is 11.3 Å². The van der Waals surface area contributed by atoms with E-state index in [1.165, 1.54) is 0 Å². The number of para-hydroxylation sites is 1. The van der Waals surface area contributed by atoms with Crippen LogP contribution in [0.5, 0.6) is 0 Å². The highest BCUT2D eigenvalue weighted by Crippen LogP contribution is 2.33. The van der Waals surface area contributed by atoms with Crippen molar-refractivity contribution in [1.29, 1.82) is 0 Å². The summed E-state index contributed by atoms with van der Waals surface area (Å²) in [6, 6.07) is 15.4. The minimum Gasteiger partial charge on any atom is -0.461 e. The monoisotopic (exact) mass is 363 g/mol. The van der Waals surface area contributed by atoms with E-state index >= 15 is 0 Å². The second-order valence-corrected chi connectivity index (χ2v) is 5.29. The van der Waals surface area contributed by atoms with Crippen LogP contribution < -0.4 is 0 Å². The number of halogens is 1. The third-order valence-electron chi connectivity index (χ3n) is 2.93. The Morgan fingerprint density at radius 3 is 2.63 bits per heavy atom. The van der Waals surface area contributed by atoms with Crippen LogP contribution >= 0.6 is 22.6 Å². The molecule has 0 radical (unpaired) electrons. The first-order valence-corrected chi connectivity index (χ1v) is 6.92. The zero-order valence-corrected chi connectivity index (χ0v) is 12.1. The van der Waals surface area contributed by atoms with Crippen molar-refractivity contribution in [2.24, 2.45) is 4.99 Å². The molecular weight excluding hydrogens is 353 g/mol. The fourth-order valence-electron chi connectivity index (χ4n) is 2.01. The van der Waals surface area contributed by atoms with Crippen molar-refractivity contribution in [2.45, 2.75) is 6.10 Å². The molecule has 3 nitrogen and oxygen atoms in total. The van der Waals surface area contributed by atoms with E-state index in [4.69, 9.17) is 4.74 Å². The summed E-state index contributed by atoms with van der Waals surface area (Å²) < 4.78 is 6.75. The zero-order chi connectivity index (χ0) is 13.2. The molecule has 3 rings (SSSR count). The highest BCUT2D eigenvalue weighted by atomic mass is 127. The van der Waals surface area contributed by atoms with Gasteiger partial charge in [-0.3, -0.25) is 4.79 Å². The molecule has 1 heterocycles. The van der Waals surface area contributed by atoms with Gasteiger partial charge in [0.2, 0.25) is 5.90 Å². The fraction of sp³-hybridized carbons (Fsp3) is 0.0667. The molecule has 0 aliphatic carbocycles. The number of hydrogen-bond acceptors (Lipinski definition) is 3. The number of fused-ring (bicyclic) bond motifs is 1. The summed E-state index contributed by atoms with van der Waals surface area (Å²) in [5.41, 5.74) is 2.51. The van der Waals surface area contributed by atoms with Crippen molar-refractivity contribution in [3.05, 3.63) is 63.2 Å². The normalized spacial score (nSPS) is 17.1. The zero-order valence-electron chi connectivity index (χ0n) is 9.92. The maximum absolute atomic E-state index is 11.2. The van der Waals surface area contributed by atoms with E-state index in [9.17, 15) is 4.79 Å². The Morgan fingerprint density at radius 1 is 1.11 bits per heavy atom. The predicted octanol–water partition coefficient (Wildman–Crippen LogP) is 3.64. The molecule has 1 aliphatic heterocycles. The number of aliphatic imine (C=N–C) groups is 1. The molecular formula is C15H10INO2. The first-order valence-electron chi connectivity index (χ1n) is 5.84. The number of benzene rings is 2. The van der Waals surface area contributed by atoms with Crippen molar-refractivity contribution in [3.63, 3.8) is 0 Å². The molecule has 94 valence electrons. The topological polar surface area (TPSA) is 38.7 Å². The van der Waals surface area contributed by atoms with Crippen molar-refractivity contribution in [1.82, 2.24) is 0 Å². The van der Waals surface area contributed by atoms with E-state index < -0.39 is 6.10 Å². The highest BCUT2D eigenvalue weighted by Gasteiger charge is 2.24. The number of aldehydes is 1. The molecule has 0 bridgehead atoms. The maximum atomic E-state index is 11.2. The molecule has 1 unspecified atom stereocenters. The van der Waals surface area contributed by atoms with Gasteiger partial charge in [-0.15, -0.1) is 0 Å². The van der Waals surface area contributed by atoms with Gasteiger partial charge in [0, 0.05) is 9.13 Å². The number of hydrogen-bond donors (Lipinski definition) is 0. The van der Waals surface area contributed by atoms with Crippen molar-refractivity contribution in [2.75, 3.05) is 0 Å². The second-order valence-electron chi connectivity index (χ2n) is 4.13. The first-order chi connectivity index (χ1) is 9.29. The Labute approximate surface area is 124 Å². The smallest absolute Gasteiger partial charge is 0.223 e. The lowest BCUT2D eigenvalue weighted by Crippen LogP contribution is -2.18. The van der Waals surface area contributed by atoms with Crippen molar-refractivity contribution in [3.8, 4) is 0 Å².